The second kappa shape index (κ2) is 5.28. The molecule has 2 aliphatic heterocycles. The lowest BCUT2D eigenvalue weighted by Crippen LogP contribution is -2.56. The maximum atomic E-state index is 5.43. The predicted molar refractivity (Wildman–Crippen MR) is 80.5 cm³/mol. The molecule has 4 nitrogen and oxygen atoms in total. The largest absolute Gasteiger partial charge is 0.468 e. The third-order valence-corrected chi connectivity index (χ3v) is 4.72. The number of hydrogen-bond donors (Lipinski definition) is 0. The van der Waals surface area contributed by atoms with Crippen molar-refractivity contribution in [3.63, 3.8) is 0 Å². The van der Waals surface area contributed by atoms with Crippen LogP contribution in [0.15, 0.2) is 47.3 Å². The second-order valence-electron chi connectivity index (χ2n) is 6.55. The maximum Gasteiger partial charge on any atom is 0.117 e. The van der Waals surface area contributed by atoms with Crippen molar-refractivity contribution < 1.29 is 4.42 Å². The van der Waals surface area contributed by atoms with Gasteiger partial charge in [-0.25, -0.2) is 0 Å². The number of nitrogens with zero attached hydrogens (tertiary/aromatic N) is 3. The third-order valence-electron chi connectivity index (χ3n) is 4.72. The fraction of sp³-hybridized carbons (Fsp3) is 0.471. The number of rotatable bonds is 4. The highest BCUT2D eigenvalue weighted by Crippen LogP contribution is 2.40. The topological polar surface area (TPSA) is 32.5 Å². The van der Waals surface area contributed by atoms with Crippen molar-refractivity contribution in [1.82, 2.24) is 14.8 Å². The predicted octanol–water partition coefficient (Wildman–Crippen LogP) is 2.38. The van der Waals surface area contributed by atoms with Crippen molar-refractivity contribution >= 4 is 0 Å². The van der Waals surface area contributed by atoms with Crippen LogP contribution in [0.5, 0.6) is 0 Å². The fourth-order valence-corrected chi connectivity index (χ4v) is 3.81. The highest BCUT2D eigenvalue weighted by atomic mass is 16.3. The summed E-state index contributed by atoms with van der Waals surface area (Å²) in [4.78, 5) is 9.27. The van der Waals surface area contributed by atoms with Gasteiger partial charge < -0.3 is 4.42 Å². The molecule has 0 atom stereocenters. The molecule has 2 fully saturated rings. The minimum atomic E-state index is 0.523. The van der Waals surface area contributed by atoms with Gasteiger partial charge >= 0.3 is 0 Å². The van der Waals surface area contributed by atoms with Crippen molar-refractivity contribution in [1.29, 1.82) is 0 Å². The number of hydrogen-bond acceptors (Lipinski definition) is 4. The summed E-state index contributed by atoms with van der Waals surface area (Å²) < 4.78 is 5.43. The SMILES string of the molecule is c1cncc(CN2CCC3(C2)CN(Cc2ccco2)C3)c1. The first-order valence-corrected chi connectivity index (χ1v) is 7.67. The summed E-state index contributed by atoms with van der Waals surface area (Å²) in [5, 5.41) is 0. The van der Waals surface area contributed by atoms with Crippen LogP contribution in [0.3, 0.4) is 0 Å². The van der Waals surface area contributed by atoms with E-state index in [0.717, 1.165) is 18.8 Å². The summed E-state index contributed by atoms with van der Waals surface area (Å²) in [7, 11) is 0. The molecule has 2 saturated heterocycles. The van der Waals surface area contributed by atoms with Crippen LogP contribution in [0.25, 0.3) is 0 Å². The van der Waals surface area contributed by atoms with E-state index in [1.165, 1.54) is 38.2 Å². The van der Waals surface area contributed by atoms with Gasteiger partial charge in [0.2, 0.25) is 0 Å². The Morgan fingerprint density at radius 3 is 2.76 bits per heavy atom. The van der Waals surface area contributed by atoms with E-state index < -0.39 is 0 Å². The lowest BCUT2D eigenvalue weighted by molar-refractivity contribution is -0.00267. The molecule has 0 aliphatic carbocycles. The van der Waals surface area contributed by atoms with Gasteiger partial charge in [0.25, 0.3) is 0 Å². The van der Waals surface area contributed by atoms with Gasteiger partial charge in [-0.15, -0.1) is 0 Å². The second-order valence-corrected chi connectivity index (χ2v) is 6.55. The van der Waals surface area contributed by atoms with Crippen LogP contribution in [-0.2, 0) is 13.1 Å². The average molecular weight is 283 g/mol. The summed E-state index contributed by atoms with van der Waals surface area (Å²) in [5.41, 5.74) is 1.84. The van der Waals surface area contributed by atoms with Gasteiger partial charge in [0.05, 0.1) is 12.8 Å². The van der Waals surface area contributed by atoms with E-state index in [0.29, 0.717) is 5.41 Å². The maximum absolute atomic E-state index is 5.43. The Hall–Kier alpha value is -1.65. The smallest absolute Gasteiger partial charge is 0.117 e. The van der Waals surface area contributed by atoms with E-state index in [2.05, 4.69) is 26.9 Å². The molecule has 2 aromatic rings. The lowest BCUT2D eigenvalue weighted by Gasteiger charge is -2.48. The molecule has 2 aliphatic rings. The van der Waals surface area contributed by atoms with Gasteiger partial charge in [-0.05, 0) is 36.7 Å². The van der Waals surface area contributed by atoms with Gasteiger partial charge in [0, 0.05) is 44.0 Å². The molecule has 0 saturated carbocycles. The van der Waals surface area contributed by atoms with E-state index in [1.807, 2.05) is 24.5 Å². The van der Waals surface area contributed by atoms with E-state index in [9.17, 15) is 0 Å². The Morgan fingerprint density at radius 1 is 1.10 bits per heavy atom. The molecule has 0 amide bonds. The van der Waals surface area contributed by atoms with Crippen LogP contribution >= 0.6 is 0 Å². The molecular weight excluding hydrogens is 262 g/mol. The Balaban J connectivity index is 1.29. The zero-order valence-electron chi connectivity index (χ0n) is 12.2. The van der Waals surface area contributed by atoms with Crippen molar-refractivity contribution in [2.45, 2.75) is 19.5 Å². The van der Waals surface area contributed by atoms with Crippen LogP contribution in [0.4, 0.5) is 0 Å². The molecule has 0 N–H and O–H groups in total. The fourth-order valence-electron chi connectivity index (χ4n) is 3.81. The first kappa shape index (κ1) is 13.0. The van der Waals surface area contributed by atoms with Crippen LogP contribution < -0.4 is 0 Å². The van der Waals surface area contributed by atoms with Crippen molar-refractivity contribution in [2.24, 2.45) is 5.41 Å². The van der Waals surface area contributed by atoms with Gasteiger partial charge in [-0.2, -0.15) is 0 Å². The van der Waals surface area contributed by atoms with Crippen molar-refractivity contribution in [3.8, 4) is 0 Å². The summed E-state index contributed by atoms with van der Waals surface area (Å²) in [6, 6.07) is 8.22. The van der Waals surface area contributed by atoms with Gasteiger partial charge in [0.15, 0.2) is 0 Å². The summed E-state index contributed by atoms with van der Waals surface area (Å²) in [5.74, 6) is 1.08. The zero-order chi connectivity index (χ0) is 14.1. The number of furan rings is 1. The summed E-state index contributed by atoms with van der Waals surface area (Å²) in [6.07, 6.45) is 6.90. The minimum absolute atomic E-state index is 0.523. The van der Waals surface area contributed by atoms with Crippen LogP contribution in [0.1, 0.15) is 17.7 Å². The normalized spacial score (nSPS) is 21.7. The standard InChI is InChI=1S/C17H21N3O/c1-3-15(9-18-6-1)10-19-7-5-17(12-19)13-20(14-17)11-16-4-2-8-21-16/h1-4,6,8-9H,5,7,10-14H2. The molecular formula is C17H21N3O. The number of pyridine rings is 1. The number of aromatic nitrogens is 1. The molecule has 0 radical (unpaired) electrons. The van der Waals surface area contributed by atoms with Crippen LogP contribution in [0.2, 0.25) is 0 Å². The first-order valence-electron chi connectivity index (χ1n) is 7.67. The summed E-state index contributed by atoms with van der Waals surface area (Å²) in [6.45, 7) is 6.83. The van der Waals surface area contributed by atoms with Gasteiger partial charge in [0.1, 0.15) is 5.76 Å². The first-order chi connectivity index (χ1) is 10.3. The Kier molecular flexibility index (Phi) is 3.28. The monoisotopic (exact) mass is 283 g/mol. The quantitative estimate of drug-likeness (QED) is 0.862. The van der Waals surface area contributed by atoms with E-state index in [4.69, 9.17) is 4.42 Å². The average Bonchev–Trinajstić information content (AvgIpc) is 3.10. The molecule has 1 spiro atoms. The van der Waals surface area contributed by atoms with Crippen molar-refractivity contribution in [2.75, 3.05) is 26.2 Å². The summed E-state index contributed by atoms with van der Waals surface area (Å²) >= 11 is 0. The molecule has 0 unspecified atom stereocenters. The molecule has 110 valence electrons. The molecule has 2 aromatic heterocycles. The highest BCUT2D eigenvalue weighted by molar-refractivity contribution is 5.10. The minimum Gasteiger partial charge on any atom is -0.468 e. The molecule has 0 aromatic carbocycles. The van der Waals surface area contributed by atoms with Crippen molar-refractivity contribution in [3.05, 3.63) is 54.2 Å². The van der Waals surface area contributed by atoms with E-state index in [-0.39, 0.29) is 0 Å². The molecule has 0 bridgehead atoms. The van der Waals surface area contributed by atoms with Gasteiger partial charge in [-0.1, -0.05) is 6.07 Å². The van der Waals surface area contributed by atoms with Crippen LogP contribution in [0, 0.1) is 5.41 Å². The van der Waals surface area contributed by atoms with E-state index in [1.54, 1.807) is 6.26 Å². The Morgan fingerprint density at radius 2 is 2.00 bits per heavy atom. The third kappa shape index (κ3) is 2.74. The Bertz CT molecular complexity index is 575. The van der Waals surface area contributed by atoms with Gasteiger partial charge in [-0.3, -0.25) is 14.8 Å². The molecule has 4 heteroatoms. The Labute approximate surface area is 125 Å². The van der Waals surface area contributed by atoms with Crippen LogP contribution in [-0.4, -0.2) is 41.0 Å². The van der Waals surface area contributed by atoms with E-state index >= 15 is 0 Å². The lowest BCUT2D eigenvalue weighted by atomic mass is 9.79. The molecule has 4 heterocycles. The highest BCUT2D eigenvalue weighted by Gasteiger charge is 2.47. The number of likely N-dealkylation sites (tertiary alicyclic amines) is 2. The molecule has 4 rings (SSSR count). The zero-order valence-corrected chi connectivity index (χ0v) is 12.2. The molecule has 21 heavy (non-hydrogen) atoms.